The van der Waals surface area contributed by atoms with Crippen molar-refractivity contribution in [2.75, 3.05) is 6.61 Å². The van der Waals surface area contributed by atoms with Crippen LogP contribution in [0.25, 0.3) is 10.1 Å². The molecule has 2 aromatic rings. The molecule has 0 aliphatic carbocycles. The molecule has 0 amide bonds. The number of hydrogen-bond acceptors (Lipinski definition) is 4. The number of aryl methyl sites for hydroxylation is 1. The number of H-pyrrole nitrogens is 1. The van der Waals surface area contributed by atoms with Crippen LogP contribution in [-0.4, -0.2) is 16.7 Å². The van der Waals surface area contributed by atoms with Crippen LogP contribution in [0.3, 0.4) is 0 Å². The van der Waals surface area contributed by atoms with E-state index < -0.39 is 6.10 Å². The minimum Gasteiger partial charge on any atom is -0.492 e. The average Bonchev–Trinajstić information content (AvgIpc) is 2.76. The zero-order valence-corrected chi connectivity index (χ0v) is 12.0. The first-order valence-corrected chi connectivity index (χ1v) is 7.68. The molecule has 4 nitrogen and oxygen atoms in total. The predicted octanol–water partition coefficient (Wildman–Crippen LogP) is 2.91. The minimum atomic E-state index is -0.661. The second-order valence-electron chi connectivity index (χ2n) is 4.98. The van der Waals surface area contributed by atoms with Crippen molar-refractivity contribution in [1.29, 1.82) is 0 Å². The zero-order chi connectivity index (χ0) is 14.1. The fourth-order valence-electron chi connectivity index (χ4n) is 2.69. The van der Waals surface area contributed by atoms with Crippen LogP contribution in [0.4, 0.5) is 0 Å². The van der Waals surface area contributed by atoms with Crippen LogP contribution in [0, 0.1) is 0 Å². The van der Waals surface area contributed by atoms with Gasteiger partial charge in [0.15, 0.2) is 0 Å². The summed E-state index contributed by atoms with van der Waals surface area (Å²) in [6.45, 7) is 4.32. The van der Waals surface area contributed by atoms with E-state index in [-0.39, 0.29) is 5.56 Å². The standard InChI is InChI=1S/C15H17NO3S/c1-2-3-6-10(17)13-9-5-4-7-19-11-8-20-14(12(9)11)15(18)16-13/h2,8,10,17H,1,3-7H2,(H,16,18). The van der Waals surface area contributed by atoms with Gasteiger partial charge in [-0.05, 0) is 31.2 Å². The number of thiophene rings is 1. The summed E-state index contributed by atoms with van der Waals surface area (Å²) in [4.78, 5) is 15.0. The Morgan fingerprint density at radius 2 is 2.45 bits per heavy atom. The van der Waals surface area contributed by atoms with Gasteiger partial charge in [0, 0.05) is 10.8 Å². The van der Waals surface area contributed by atoms with Gasteiger partial charge in [-0.1, -0.05) is 6.08 Å². The van der Waals surface area contributed by atoms with Gasteiger partial charge < -0.3 is 14.8 Å². The summed E-state index contributed by atoms with van der Waals surface area (Å²) in [5.41, 5.74) is 1.54. The molecule has 106 valence electrons. The Kier molecular flexibility index (Phi) is 3.63. The van der Waals surface area contributed by atoms with Gasteiger partial charge in [0.25, 0.3) is 5.56 Å². The van der Waals surface area contributed by atoms with Crippen molar-refractivity contribution < 1.29 is 9.84 Å². The molecule has 5 heteroatoms. The molecule has 0 aromatic carbocycles. The quantitative estimate of drug-likeness (QED) is 0.851. The maximum atomic E-state index is 12.2. The Morgan fingerprint density at radius 1 is 1.60 bits per heavy atom. The largest absolute Gasteiger partial charge is 0.492 e. The molecule has 1 aliphatic rings. The molecular formula is C15H17NO3S. The summed E-state index contributed by atoms with van der Waals surface area (Å²) in [7, 11) is 0. The Labute approximate surface area is 120 Å². The molecule has 2 N–H and O–H groups in total. The van der Waals surface area contributed by atoms with Crippen molar-refractivity contribution >= 4 is 21.4 Å². The molecule has 0 radical (unpaired) electrons. The van der Waals surface area contributed by atoms with Crippen LogP contribution in [0.1, 0.15) is 36.6 Å². The van der Waals surface area contributed by atoms with Crippen LogP contribution in [0.2, 0.25) is 0 Å². The molecule has 0 spiro atoms. The highest BCUT2D eigenvalue weighted by Crippen LogP contribution is 2.38. The molecule has 0 fully saturated rings. The normalized spacial score (nSPS) is 15.7. The summed E-state index contributed by atoms with van der Waals surface area (Å²) < 4.78 is 6.38. The number of hydrogen-bond donors (Lipinski definition) is 2. The first kappa shape index (κ1) is 13.4. The second-order valence-corrected chi connectivity index (χ2v) is 5.86. The van der Waals surface area contributed by atoms with Crippen molar-refractivity contribution in [2.45, 2.75) is 31.8 Å². The Hall–Kier alpha value is -1.59. The number of aliphatic hydroxyl groups is 1. The van der Waals surface area contributed by atoms with Gasteiger partial charge >= 0.3 is 0 Å². The van der Waals surface area contributed by atoms with Crippen molar-refractivity contribution in [3.05, 3.63) is 39.6 Å². The Bertz CT molecular complexity index is 701. The molecule has 0 saturated carbocycles. The first-order chi connectivity index (χ1) is 9.72. The Balaban J connectivity index is 2.18. The number of ether oxygens (including phenoxy) is 1. The smallest absolute Gasteiger partial charge is 0.266 e. The van der Waals surface area contributed by atoms with Crippen molar-refractivity contribution in [2.24, 2.45) is 0 Å². The van der Waals surface area contributed by atoms with Crippen LogP contribution in [0.5, 0.6) is 5.75 Å². The van der Waals surface area contributed by atoms with Gasteiger partial charge in [-0.15, -0.1) is 17.9 Å². The number of rotatable bonds is 4. The van der Waals surface area contributed by atoms with E-state index in [1.165, 1.54) is 11.3 Å². The third kappa shape index (κ3) is 2.17. The number of pyridine rings is 1. The second kappa shape index (κ2) is 5.42. The van der Waals surface area contributed by atoms with Crippen LogP contribution in [-0.2, 0) is 6.42 Å². The highest BCUT2D eigenvalue weighted by molar-refractivity contribution is 7.17. The molecular weight excluding hydrogens is 274 g/mol. The maximum absolute atomic E-state index is 12.2. The zero-order valence-electron chi connectivity index (χ0n) is 11.1. The Morgan fingerprint density at radius 3 is 3.25 bits per heavy atom. The lowest BCUT2D eigenvalue weighted by Gasteiger charge is -2.15. The SMILES string of the molecule is C=CCCC(O)c1[nH]c(=O)c2scc3c2c1CCCO3. The highest BCUT2D eigenvalue weighted by Gasteiger charge is 2.23. The van der Waals surface area contributed by atoms with E-state index in [1.807, 2.05) is 5.38 Å². The molecule has 1 aliphatic heterocycles. The van der Waals surface area contributed by atoms with Crippen molar-refractivity contribution in [3.8, 4) is 5.75 Å². The molecule has 0 saturated heterocycles. The summed E-state index contributed by atoms with van der Waals surface area (Å²) in [6.07, 6.45) is 4.10. The van der Waals surface area contributed by atoms with E-state index in [9.17, 15) is 9.90 Å². The van der Waals surface area contributed by atoms with Gasteiger partial charge in [-0.3, -0.25) is 4.79 Å². The summed E-state index contributed by atoms with van der Waals surface area (Å²) in [5, 5.41) is 13.1. The monoisotopic (exact) mass is 291 g/mol. The van der Waals surface area contributed by atoms with Crippen LogP contribution < -0.4 is 10.3 Å². The third-order valence-electron chi connectivity index (χ3n) is 3.64. The number of aromatic nitrogens is 1. The van der Waals surface area contributed by atoms with Gasteiger partial charge in [-0.2, -0.15) is 0 Å². The van der Waals surface area contributed by atoms with Gasteiger partial charge in [0.2, 0.25) is 0 Å². The van der Waals surface area contributed by atoms with Gasteiger partial charge in [0.05, 0.1) is 18.4 Å². The number of aromatic amines is 1. The van der Waals surface area contributed by atoms with Crippen LogP contribution >= 0.6 is 11.3 Å². The molecule has 1 atom stereocenters. The van der Waals surface area contributed by atoms with E-state index >= 15 is 0 Å². The maximum Gasteiger partial charge on any atom is 0.266 e. The van der Waals surface area contributed by atoms with Gasteiger partial charge in [0.1, 0.15) is 10.4 Å². The van der Waals surface area contributed by atoms with Gasteiger partial charge in [-0.25, -0.2) is 0 Å². The molecule has 2 aromatic heterocycles. The molecule has 20 heavy (non-hydrogen) atoms. The van der Waals surface area contributed by atoms with Crippen LogP contribution in [0.15, 0.2) is 22.8 Å². The highest BCUT2D eigenvalue weighted by atomic mass is 32.1. The fraction of sp³-hybridized carbons (Fsp3) is 0.400. The van der Waals surface area contributed by atoms with Crippen molar-refractivity contribution in [3.63, 3.8) is 0 Å². The fourth-order valence-corrected chi connectivity index (χ4v) is 3.60. The lowest BCUT2D eigenvalue weighted by atomic mass is 9.99. The topological polar surface area (TPSA) is 62.3 Å². The first-order valence-electron chi connectivity index (χ1n) is 6.80. The number of allylic oxidation sites excluding steroid dienone is 1. The van der Waals surface area contributed by atoms with E-state index in [4.69, 9.17) is 4.74 Å². The minimum absolute atomic E-state index is 0.141. The summed E-state index contributed by atoms with van der Waals surface area (Å²) >= 11 is 1.40. The average molecular weight is 291 g/mol. The molecule has 3 heterocycles. The van der Waals surface area contributed by atoms with E-state index in [0.29, 0.717) is 29.8 Å². The molecule has 3 rings (SSSR count). The lowest BCUT2D eigenvalue weighted by molar-refractivity contribution is 0.163. The van der Waals surface area contributed by atoms with E-state index in [0.717, 1.165) is 29.5 Å². The van der Waals surface area contributed by atoms with E-state index in [1.54, 1.807) is 6.08 Å². The third-order valence-corrected chi connectivity index (χ3v) is 4.60. The lowest BCUT2D eigenvalue weighted by Crippen LogP contribution is -2.15. The predicted molar refractivity (Wildman–Crippen MR) is 80.7 cm³/mol. The van der Waals surface area contributed by atoms with E-state index in [2.05, 4.69) is 11.6 Å². The summed E-state index contributed by atoms with van der Waals surface area (Å²) in [5.74, 6) is 0.778. The molecule has 1 unspecified atom stereocenters. The van der Waals surface area contributed by atoms with Crippen molar-refractivity contribution in [1.82, 2.24) is 4.98 Å². The number of aliphatic hydroxyl groups excluding tert-OH is 1. The molecule has 0 bridgehead atoms. The summed E-state index contributed by atoms with van der Waals surface area (Å²) in [6, 6.07) is 0. The number of nitrogens with one attached hydrogen (secondary N) is 1.